The first-order valence-electron chi connectivity index (χ1n) is 15.0. The predicted molar refractivity (Wildman–Crippen MR) is 164 cm³/mol. The second kappa shape index (κ2) is 12.5. The molecule has 3 heterocycles. The predicted octanol–water partition coefficient (Wildman–Crippen LogP) is 2.39. The van der Waals surface area contributed by atoms with Gasteiger partial charge in [0.2, 0.25) is 18.6 Å². The fraction of sp³-hybridized carbons (Fsp3) is 0.406. The number of nitrogens with zero attached hydrogens (tertiary/aromatic N) is 5. The fourth-order valence-electron chi connectivity index (χ4n) is 6.10. The summed E-state index contributed by atoms with van der Waals surface area (Å²) < 4.78 is 20.1. The van der Waals surface area contributed by atoms with Crippen molar-refractivity contribution in [2.75, 3.05) is 13.9 Å². The summed E-state index contributed by atoms with van der Waals surface area (Å²) in [7, 11) is 4.46. The van der Waals surface area contributed by atoms with Gasteiger partial charge >= 0.3 is 5.69 Å². The lowest BCUT2D eigenvalue weighted by Gasteiger charge is -2.33. The highest BCUT2D eigenvalue weighted by Crippen LogP contribution is 2.34. The van der Waals surface area contributed by atoms with Crippen LogP contribution in [0.1, 0.15) is 49.3 Å². The van der Waals surface area contributed by atoms with Crippen molar-refractivity contribution in [1.29, 1.82) is 0 Å². The molecule has 0 saturated heterocycles. The second-order valence-electron chi connectivity index (χ2n) is 11.5. The van der Waals surface area contributed by atoms with Gasteiger partial charge in [-0.1, -0.05) is 37.5 Å². The minimum atomic E-state index is -1.00. The third-order valence-corrected chi connectivity index (χ3v) is 8.58. The van der Waals surface area contributed by atoms with Crippen molar-refractivity contribution in [2.45, 2.75) is 57.3 Å². The average molecular weight is 617 g/mol. The first kappa shape index (κ1) is 30.0. The number of nitrogens with one attached hydrogen (secondary N) is 1. The van der Waals surface area contributed by atoms with Gasteiger partial charge in [0.1, 0.15) is 18.3 Å². The first-order valence-corrected chi connectivity index (χ1v) is 15.0. The Morgan fingerprint density at radius 1 is 1.02 bits per heavy atom. The van der Waals surface area contributed by atoms with Gasteiger partial charge in [-0.3, -0.25) is 23.5 Å². The zero-order valence-electron chi connectivity index (χ0n) is 25.5. The van der Waals surface area contributed by atoms with E-state index in [9.17, 15) is 19.2 Å². The SMILES string of the molecule is COc1ccc(C(C(=O)NC2CCCCC2)N(Cc2ccc3c(c2)OCO3)C(=O)Cn2cnc3c2c(=O)n(C)c(=O)n3C)cc1. The molecule has 2 aromatic carbocycles. The molecule has 1 saturated carbocycles. The van der Waals surface area contributed by atoms with Crippen LogP contribution in [0.15, 0.2) is 58.4 Å². The van der Waals surface area contributed by atoms with Crippen LogP contribution in [0.2, 0.25) is 0 Å². The van der Waals surface area contributed by atoms with Crippen LogP contribution in [0.4, 0.5) is 0 Å². The number of aryl methyl sites for hydroxylation is 1. The van der Waals surface area contributed by atoms with Crippen LogP contribution in [0.5, 0.6) is 17.2 Å². The van der Waals surface area contributed by atoms with Gasteiger partial charge < -0.3 is 29.0 Å². The number of rotatable bonds is 9. The van der Waals surface area contributed by atoms with Gasteiger partial charge in [0.15, 0.2) is 22.7 Å². The van der Waals surface area contributed by atoms with E-state index in [1.165, 1.54) is 34.5 Å². The van der Waals surface area contributed by atoms with E-state index in [1.54, 1.807) is 43.5 Å². The summed E-state index contributed by atoms with van der Waals surface area (Å²) in [6, 6.07) is 11.5. The summed E-state index contributed by atoms with van der Waals surface area (Å²) >= 11 is 0. The van der Waals surface area contributed by atoms with E-state index in [4.69, 9.17) is 14.2 Å². The third-order valence-electron chi connectivity index (χ3n) is 8.58. The summed E-state index contributed by atoms with van der Waals surface area (Å²) in [6.07, 6.45) is 6.31. The van der Waals surface area contributed by atoms with Crippen LogP contribution in [-0.2, 0) is 36.8 Å². The Morgan fingerprint density at radius 3 is 2.49 bits per heavy atom. The monoisotopic (exact) mass is 616 g/mol. The van der Waals surface area contributed by atoms with Gasteiger partial charge in [-0.05, 0) is 48.2 Å². The Kier molecular flexibility index (Phi) is 8.33. The van der Waals surface area contributed by atoms with Gasteiger partial charge in [0.25, 0.3) is 5.56 Å². The number of hydrogen-bond acceptors (Lipinski definition) is 8. The molecule has 1 aliphatic heterocycles. The standard InChI is InChI=1S/C32H36N6O7/c1-35-29-28(31(41)36(2)32(35)42)37(18-33-29)17-26(39)38(16-20-9-14-24-25(15-20)45-19-44-24)27(21-10-12-23(43-3)13-11-21)30(40)34-22-7-5-4-6-8-22/h9-15,18,22,27H,4-8,16-17,19H2,1-3H3,(H,34,40). The number of carbonyl (C=O) groups is 2. The van der Waals surface area contributed by atoms with Crippen molar-refractivity contribution in [3.63, 3.8) is 0 Å². The molecular formula is C32H36N6O7. The van der Waals surface area contributed by atoms with Gasteiger partial charge in [-0.2, -0.15) is 0 Å². The highest BCUT2D eigenvalue weighted by atomic mass is 16.7. The lowest BCUT2D eigenvalue weighted by Crippen LogP contribution is -2.47. The summed E-state index contributed by atoms with van der Waals surface area (Å²) in [5.41, 5.74) is 0.524. The third kappa shape index (κ3) is 5.89. The molecule has 1 fully saturated rings. The van der Waals surface area contributed by atoms with E-state index in [0.717, 1.165) is 42.2 Å². The van der Waals surface area contributed by atoms with E-state index in [0.29, 0.717) is 22.8 Å². The smallest absolute Gasteiger partial charge is 0.332 e. The molecule has 4 aromatic rings. The number of amides is 2. The number of benzene rings is 2. The van der Waals surface area contributed by atoms with Crippen molar-refractivity contribution in [3.8, 4) is 17.2 Å². The topological polar surface area (TPSA) is 139 Å². The maximum absolute atomic E-state index is 14.4. The normalized spacial score (nSPS) is 15.2. The molecule has 45 heavy (non-hydrogen) atoms. The van der Waals surface area contributed by atoms with Crippen molar-refractivity contribution in [1.82, 2.24) is 28.9 Å². The molecule has 2 aromatic heterocycles. The Hall–Kier alpha value is -5.07. The van der Waals surface area contributed by atoms with Crippen molar-refractivity contribution in [3.05, 3.63) is 80.8 Å². The van der Waals surface area contributed by atoms with E-state index < -0.39 is 23.2 Å². The molecule has 13 heteroatoms. The quantitative estimate of drug-likeness (QED) is 0.303. The van der Waals surface area contributed by atoms with Crippen molar-refractivity contribution >= 4 is 23.0 Å². The minimum Gasteiger partial charge on any atom is -0.497 e. The Balaban J connectivity index is 1.42. The molecule has 0 bridgehead atoms. The minimum absolute atomic E-state index is 0.0106. The number of carbonyl (C=O) groups excluding carboxylic acids is 2. The van der Waals surface area contributed by atoms with E-state index in [-0.39, 0.29) is 43.0 Å². The van der Waals surface area contributed by atoms with Crippen LogP contribution in [0, 0.1) is 0 Å². The number of imidazole rings is 1. The van der Waals surface area contributed by atoms with Gasteiger partial charge in [-0.15, -0.1) is 0 Å². The average Bonchev–Trinajstić information content (AvgIpc) is 3.70. The summed E-state index contributed by atoms with van der Waals surface area (Å²) in [4.78, 5) is 60.0. The van der Waals surface area contributed by atoms with Crippen LogP contribution >= 0.6 is 0 Å². The van der Waals surface area contributed by atoms with Gasteiger partial charge in [0, 0.05) is 26.7 Å². The number of ether oxygens (including phenoxy) is 3. The van der Waals surface area contributed by atoms with Crippen LogP contribution in [0.3, 0.4) is 0 Å². The van der Waals surface area contributed by atoms with Crippen LogP contribution in [-0.4, -0.2) is 55.3 Å². The van der Waals surface area contributed by atoms with Gasteiger partial charge in [-0.25, -0.2) is 9.78 Å². The lowest BCUT2D eigenvalue weighted by molar-refractivity contribution is -0.142. The molecule has 0 radical (unpaired) electrons. The van der Waals surface area contributed by atoms with Crippen LogP contribution < -0.4 is 30.8 Å². The molecule has 1 aliphatic carbocycles. The highest BCUT2D eigenvalue weighted by Gasteiger charge is 2.34. The molecule has 0 spiro atoms. The highest BCUT2D eigenvalue weighted by molar-refractivity contribution is 5.89. The molecule has 2 amide bonds. The van der Waals surface area contributed by atoms with Crippen LogP contribution in [0.25, 0.3) is 11.2 Å². The molecule has 236 valence electrons. The number of fused-ring (bicyclic) bond motifs is 2. The maximum Gasteiger partial charge on any atom is 0.332 e. The van der Waals surface area contributed by atoms with E-state index in [1.807, 2.05) is 6.07 Å². The summed E-state index contributed by atoms with van der Waals surface area (Å²) in [5, 5.41) is 3.21. The zero-order chi connectivity index (χ0) is 31.7. The molecule has 1 N–H and O–H groups in total. The number of aromatic nitrogens is 4. The molecule has 1 unspecified atom stereocenters. The molecule has 1 atom stereocenters. The number of methoxy groups -OCH3 is 1. The van der Waals surface area contributed by atoms with Crippen molar-refractivity contribution < 1.29 is 23.8 Å². The maximum atomic E-state index is 14.4. The number of hydrogen-bond donors (Lipinski definition) is 1. The fourth-order valence-corrected chi connectivity index (χ4v) is 6.10. The largest absolute Gasteiger partial charge is 0.497 e. The molecule has 13 nitrogen and oxygen atoms in total. The summed E-state index contributed by atoms with van der Waals surface area (Å²) in [6.45, 7) is -0.129. The Morgan fingerprint density at radius 2 is 1.76 bits per heavy atom. The Labute approximate surface area is 258 Å². The van der Waals surface area contributed by atoms with E-state index >= 15 is 0 Å². The molecule has 2 aliphatic rings. The zero-order valence-corrected chi connectivity index (χ0v) is 25.5. The van der Waals surface area contributed by atoms with Crippen molar-refractivity contribution in [2.24, 2.45) is 14.1 Å². The lowest BCUT2D eigenvalue weighted by atomic mass is 9.94. The first-order chi connectivity index (χ1) is 21.7. The van der Waals surface area contributed by atoms with E-state index in [2.05, 4.69) is 10.3 Å². The molecular weight excluding hydrogens is 580 g/mol. The molecule has 6 rings (SSSR count). The van der Waals surface area contributed by atoms with Gasteiger partial charge in [0.05, 0.1) is 13.4 Å². The second-order valence-corrected chi connectivity index (χ2v) is 11.5. The Bertz CT molecular complexity index is 1850. The summed E-state index contributed by atoms with van der Waals surface area (Å²) in [5.74, 6) is 1.05.